The lowest BCUT2D eigenvalue weighted by atomic mass is 9.48. The van der Waals surface area contributed by atoms with Crippen LogP contribution in [0, 0.1) is 34.5 Å². The van der Waals surface area contributed by atoms with Gasteiger partial charge in [0.25, 0.3) is 0 Å². The van der Waals surface area contributed by atoms with Gasteiger partial charge in [-0.15, -0.1) is 0 Å². The van der Waals surface area contributed by atoms with Crippen molar-refractivity contribution in [3.05, 3.63) is 53.3 Å². The second kappa shape index (κ2) is 10.5. The van der Waals surface area contributed by atoms with Crippen LogP contribution in [0.2, 0.25) is 18.1 Å². The van der Waals surface area contributed by atoms with E-state index in [4.69, 9.17) is 4.43 Å². The molecule has 43 heavy (non-hydrogen) atoms. The molecule has 5 rings (SSSR count). The molecule has 4 aliphatic carbocycles. The number of hydrogen-bond donors (Lipinski definition) is 0. The zero-order valence-electron chi connectivity index (χ0n) is 26.3. The van der Waals surface area contributed by atoms with Crippen LogP contribution in [0.3, 0.4) is 0 Å². The van der Waals surface area contributed by atoms with E-state index < -0.39 is 23.9 Å². The van der Waals surface area contributed by atoms with Crippen molar-refractivity contribution in [2.45, 2.75) is 103 Å². The summed E-state index contributed by atoms with van der Waals surface area (Å²) >= 11 is 0. The van der Waals surface area contributed by atoms with Gasteiger partial charge < -0.3 is 8.61 Å². The van der Waals surface area contributed by atoms with Crippen molar-refractivity contribution in [3.8, 4) is 5.75 Å². The third-order valence-electron chi connectivity index (χ3n) is 11.9. The van der Waals surface area contributed by atoms with E-state index >= 15 is 0 Å². The second-order valence-electron chi connectivity index (χ2n) is 15.2. The Morgan fingerprint density at radius 2 is 1.63 bits per heavy atom. The van der Waals surface area contributed by atoms with Gasteiger partial charge in [-0.25, -0.2) is 0 Å². The van der Waals surface area contributed by atoms with E-state index in [1.807, 2.05) is 24.3 Å². The monoisotopic (exact) mass is 638 g/mol. The molecule has 0 aliphatic heterocycles. The average molecular weight is 639 g/mol. The fraction of sp³-hybridized carbons (Fsp3) is 0.667. The van der Waals surface area contributed by atoms with Gasteiger partial charge in [-0.2, -0.15) is 21.6 Å². The Balaban J connectivity index is 1.32. The summed E-state index contributed by atoms with van der Waals surface area (Å²) in [5.74, 6) is 1.89. The van der Waals surface area contributed by atoms with Crippen LogP contribution >= 0.6 is 0 Å². The first-order valence-corrected chi connectivity index (χ1v) is 19.8. The number of Topliss-reactive ketones (excluding diaryl/α,β-unsaturated/α-hetero) is 1. The summed E-state index contributed by atoms with van der Waals surface area (Å²) in [6.07, 6.45) is 8.73. The van der Waals surface area contributed by atoms with Gasteiger partial charge in [0.15, 0.2) is 5.78 Å². The van der Waals surface area contributed by atoms with Gasteiger partial charge >= 0.3 is 15.6 Å². The molecule has 0 radical (unpaired) electrons. The summed E-state index contributed by atoms with van der Waals surface area (Å²) in [5.41, 5.74) is -4.22. The molecule has 2 saturated carbocycles. The number of halogens is 3. The number of ketones is 1. The fourth-order valence-electron chi connectivity index (χ4n) is 8.32. The smallest absolute Gasteiger partial charge is 0.534 e. The van der Waals surface area contributed by atoms with Crippen LogP contribution in [0.4, 0.5) is 13.2 Å². The number of allylic oxidation sites excluding steroid dienone is 4. The lowest BCUT2D eigenvalue weighted by Crippen LogP contribution is -2.50. The first kappa shape index (κ1) is 32.3. The van der Waals surface area contributed by atoms with Gasteiger partial charge in [0.05, 0.1) is 0 Å². The van der Waals surface area contributed by atoms with Crippen molar-refractivity contribution < 1.29 is 35.0 Å². The van der Waals surface area contributed by atoms with Crippen molar-refractivity contribution >= 4 is 24.2 Å². The molecule has 0 amide bonds. The van der Waals surface area contributed by atoms with E-state index in [-0.39, 0.29) is 39.7 Å². The first-order valence-electron chi connectivity index (χ1n) is 15.4. The van der Waals surface area contributed by atoms with Crippen LogP contribution in [-0.4, -0.2) is 28.0 Å². The fourth-order valence-corrected chi connectivity index (χ4v) is 9.86. The normalized spacial score (nSPS) is 33.0. The van der Waals surface area contributed by atoms with E-state index in [1.54, 1.807) is 0 Å². The van der Waals surface area contributed by atoms with Crippen LogP contribution in [-0.2, 0) is 14.3 Å². The molecule has 6 atom stereocenters. The molecule has 5 nitrogen and oxygen atoms in total. The lowest BCUT2D eigenvalue weighted by molar-refractivity contribution is -0.0529. The topological polar surface area (TPSA) is 69.7 Å². The summed E-state index contributed by atoms with van der Waals surface area (Å²) < 4.78 is 72.9. The van der Waals surface area contributed by atoms with Crippen LogP contribution in [0.1, 0.15) is 89.9 Å². The molecule has 0 unspecified atom stereocenters. The van der Waals surface area contributed by atoms with Gasteiger partial charge in [0, 0.05) is 17.9 Å². The maximum Gasteiger partial charge on any atom is 0.534 e. The Labute approximate surface area is 255 Å². The van der Waals surface area contributed by atoms with Gasteiger partial charge in [-0.05, 0) is 121 Å². The van der Waals surface area contributed by atoms with Crippen molar-refractivity contribution in [2.75, 3.05) is 0 Å². The number of carbonyl (C=O) groups excluding carboxylic acids is 1. The van der Waals surface area contributed by atoms with E-state index in [1.165, 1.54) is 6.08 Å². The Kier molecular flexibility index (Phi) is 7.89. The summed E-state index contributed by atoms with van der Waals surface area (Å²) in [7, 11) is -7.67. The number of alkyl halides is 3. The minimum atomic E-state index is -5.68. The molecular weight excluding hydrogens is 594 g/mol. The minimum absolute atomic E-state index is 0.0531. The van der Waals surface area contributed by atoms with Gasteiger partial charge in [0.1, 0.15) is 11.5 Å². The third-order valence-corrected chi connectivity index (χ3v) is 17.2. The van der Waals surface area contributed by atoms with Gasteiger partial charge in [0.2, 0.25) is 8.32 Å². The molecule has 0 saturated heterocycles. The molecule has 10 heteroatoms. The van der Waals surface area contributed by atoms with Crippen molar-refractivity contribution in [1.29, 1.82) is 0 Å². The SMILES string of the molecule is CC(C)(C)[Si](C)(C)Oc1ccc(C(=O)[C@H]2CC[C@H]3[C@@H]4CC=C5C=C(OS(=O)(=O)C(F)(F)F)CC[C@]5(C)[C@H]4CC[C@]23C)cc1. The van der Waals surface area contributed by atoms with E-state index in [0.29, 0.717) is 24.2 Å². The summed E-state index contributed by atoms with van der Waals surface area (Å²) in [6, 6.07) is 7.69. The molecule has 0 aromatic heterocycles. The molecule has 1 aromatic rings. The van der Waals surface area contributed by atoms with Crippen LogP contribution in [0.25, 0.3) is 0 Å². The van der Waals surface area contributed by atoms with Gasteiger partial charge in [-0.3, -0.25) is 4.79 Å². The Morgan fingerprint density at radius 3 is 2.23 bits per heavy atom. The molecule has 0 heterocycles. The van der Waals surface area contributed by atoms with Crippen LogP contribution in [0.15, 0.2) is 47.7 Å². The van der Waals surface area contributed by atoms with Crippen LogP contribution in [0.5, 0.6) is 5.75 Å². The molecule has 2 fully saturated rings. The van der Waals surface area contributed by atoms with E-state index in [9.17, 15) is 26.4 Å². The van der Waals surface area contributed by atoms with Crippen molar-refractivity contribution in [1.82, 2.24) is 0 Å². The maximum atomic E-state index is 13.9. The molecule has 1 aromatic carbocycles. The number of rotatable bonds is 6. The van der Waals surface area contributed by atoms with Crippen molar-refractivity contribution in [2.24, 2.45) is 34.5 Å². The molecular formula is C33H45F3O5SSi. The quantitative estimate of drug-likeness (QED) is 0.135. The average Bonchev–Trinajstić information content (AvgIpc) is 3.24. The zero-order chi connectivity index (χ0) is 31.8. The predicted octanol–water partition coefficient (Wildman–Crippen LogP) is 9.19. The van der Waals surface area contributed by atoms with E-state index in [0.717, 1.165) is 49.0 Å². The first-order chi connectivity index (χ1) is 19.7. The standard InChI is InChI=1S/C33H45F3O5SSi/c1-30(2,3)43(6,7)41-23-11-8-21(9-12-23)29(37)28-15-14-26-25-13-10-22-20-24(40-42(38,39)33(34,35)36)16-18-31(22,4)27(25)17-19-32(26,28)5/h8-12,20,25-28H,13-19H2,1-7H3/t25-,26-,27-,28+,31-,32-/m0/s1. The largest absolute Gasteiger partial charge is 0.544 e. The third kappa shape index (κ3) is 5.53. The van der Waals surface area contributed by atoms with E-state index in [2.05, 4.69) is 58.0 Å². The predicted molar refractivity (Wildman–Crippen MR) is 163 cm³/mol. The highest BCUT2D eigenvalue weighted by Gasteiger charge is 2.60. The minimum Gasteiger partial charge on any atom is -0.544 e. The highest BCUT2D eigenvalue weighted by molar-refractivity contribution is 7.87. The Hall–Kier alpha value is -2.07. The molecule has 4 aliphatic rings. The maximum absolute atomic E-state index is 13.9. The Bertz CT molecular complexity index is 1440. The zero-order valence-corrected chi connectivity index (χ0v) is 28.1. The second-order valence-corrected chi connectivity index (χ2v) is 21.5. The Morgan fingerprint density at radius 1 is 0.977 bits per heavy atom. The number of fused-ring (bicyclic) bond motifs is 5. The molecule has 238 valence electrons. The van der Waals surface area contributed by atoms with Gasteiger partial charge in [-0.1, -0.05) is 40.7 Å². The lowest BCUT2D eigenvalue weighted by Gasteiger charge is -2.56. The molecule has 0 bridgehead atoms. The highest BCUT2D eigenvalue weighted by atomic mass is 32.2. The molecule has 0 spiro atoms. The van der Waals surface area contributed by atoms with Crippen LogP contribution < -0.4 is 4.43 Å². The number of hydrogen-bond acceptors (Lipinski definition) is 5. The molecule has 0 N–H and O–H groups in total. The number of carbonyl (C=O) groups is 1. The number of benzene rings is 1. The summed E-state index contributed by atoms with van der Waals surface area (Å²) in [6.45, 7) is 15.5. The highest BCUT2D eigenvalue weighted by Crippen LogP contribution is 2.66. The summed E-state index contributed by atoms with van der Waals surface area (Å²) in [4.78, 5) is 13.9. The summed E-state index contributed by atoms with van der Waals surface area (Å²) in [5, 5.41) is 0.0810. The van der Waals surface area contributed by atoms with Crippen molar-refractivity contribution in [3.63, 3.8) is 0 Å².